The van der Waals surface area contributed by atoms with E-state index < -0.39 is 5.97 Å². The zero-order chi connectivity index (χ0) is 16.9. The Morgan fingerprint density at radius 2 is 1.92 bits per heavy atom. The fraction of sp³-hybridized carbons (Fsp3) is 0.350. The molecule has 0 bridgehead atoms. The number of benzene rings is 2. The molecule has 0 heterocycles. The van der Waals surface area contributed by atoms with Crippen LogP contribution >= 0.6 is 11.6 Å². The fourth-order valence-electron chi connectivity index (χ4n) is 3.52. The molecular formula is C20H21ClO3. The van der Waals surface area contributed by atoms with Crippen molar-refractivity contribution in [1.82, 2.24) is 0 Å². The molecule has 1 aliphatic carbocycles. The molecule has 1 saturated carbocycles. The van der Waals surface area contributed by atoms with Crippen molar-refractivity contribution >= 4 is 17.6 Å². The molecule has 0 spiro atoms. The molecule has 2 atom stereocenters. The van der Waals surface area contributed by atoms with Crippen molar-refractivity contribution in [3.8, 4) is 5.75 Å². The summed E-state index contributed by atoms with van der Waals surface area (Å²) in [6.07, 6.45) is 3.06. The Hall–Kier alpha value is -2.00. The Labute approximate surface area is 147 Å². The fourth-order valence-corrected chi connectivity index (χ4v) is 3.76. The van der Waals surface area contributed by atoms with Gasteiger partial charge in [0.05, 0.1) is 5.02 Å². The van der Waals surface area contributed by atoms with Crippen LogP contribution in [0.5, 0.6) is 5.75 Å². The molecule has 1 fully saturated rings. The first kappa shape index (κ1) is 16.8. The number of carboxylic acids is 1. The molecule has 0 radical (unpaired) electrons. The number of carboxylic acid groups (broad SMARTS) is 1. The maximum absolute atomic E-state index is 10.9. The van der Waals surface area contributed by atoms with Crippen LogP contribution < -0.4 is 4.74 Å². The van der Waals surface area contributed by atoms with Gasteiger partial charge in [0.15, 0.2) is 0 Å². The Balaban J connectivity index is 1.74. The van der Waals surface area contributed by atoms with Crippen LogP contribution in [0.25, 0.3) is 0 Å². The molecule has 4 heteroatoms. The highest BCUT2D eigenvalue weighted by molar-refractivity contribution is 6.32. The number of hydrogen-bond acceptors (Lipinski definition) is 2. The maximum atomic E-state index is 10.9. The Kier molecular flexibility index (Phi) is 5.41. The van der Waals surface area contributed by atoms with E-state index in [1.807, 2.05) is 42.5 Å². The highest BCUT2D eigenvalue weighted by Crippen LogP contribution is 2.45. The molecule has 1 N–H and O–H groups in total. The molecule has 3 nitrogen and oxygen atoms in total. The number of carbonyl (C=O) groups is 1. The molecule has 3 rings (SSSR count). The van der Waals surface area contributed by atoms with E-state index in [9.17, 15) is 4.79 Å². The lowest BCUT2D eigenvalue weighted by Crippen LogP contribution is -2.05. The van der Waals surface area contributed by atoms with Gasteiger partial charge in [0.2, 0.25) is 0 Å². The van der Waals surface area contributed by atoms with E-state index in [0.29, 0.717) is 17.5 Å². The molecule has 0 saturated heterocycles. The maximum Gasteiger partial charge on any atom is 0.303 e. The van der Waals surface area contributed by atoms with E-state index in [2.05, 4.69) is 6.07 Å². The predicted octanol–water partition coefficient (Wildman–Crippen LogP) is 5.28. The molecular weight excluding hydrogens is 324 g/mol. The van der Waals surface area contributed by atoms with E-state index in [1.54, 1.807) is 0 Å². The smallest absolute Gasteiger partial charge is 0.303 e. The molecule has 2 unspecified atom stereocenters. The van der Waals surface area contributed by atoms with E-state index in [0.717, 1.165) is 36.1 Å². The van der Waals surface area contributed by atoms with Gasteiger partial charge in [-0.1, -0.05) is 54.1 Å². The van der Waals surface area contributed by atoms with Crippen LogP contribution in [0.2, 0.25) is 5.02 Å². The van der Waals surface area contributed by atoms with Crippen molar-refractivity contribution in [1.29, 1.82) is 0 Å². The normalized spacial score (nSPS) is 20.0. The summed E-state index contributed by atoms with van der Waals surface area (Å²) in [6.45, 7) is 0.475. The Bertz CT molecular complexity index is 699. The summed E-state index contributed by atoms with van der Waals surface area (Å²) in [5, 5.41) is 9.61. The zero-order valence-electron chi connectivity index (χ0n) is 13.5. The monoisotopic (exact) mass is 344 g/mol. The van der Waals surface area contributed by atoms with Gasteiger partial charge in [0.1, 0.15) is 12.4 Å². The van der Waals surface area contributed by atoms with Crippen molar-refractivity contribution in [3.05, 3.63) is 64.7 Å². The molecule has 0 amide bonds. The van der Waals surface area contributed by atoms with Gasteiger partial charge in [-0.05, 0) is 48.3 Å². The van der Waals surface area contributed by atoms with Gasteiger partial charge in [-0.15, -0.1) is 0 Å². The first-order valence-corrected chi connectivity index (χ1v) is 8.68. The molecule has 2 aromatic carbocycles. The van der Waals surface area contributed by atoms with Gasteiger partial charge in [0, 0.05) is 6.42 Å². The van der Waals surface area contributed by atoms with Crippen molar-refractivity contribution in [3.63, 3.8) is 0 Å². The molecule has 2 aromatic rings. The van der Waals surface area contributed by atoms with Crippen molar-refractivity contribution in [2.75, 3.05) is 0 Å². The second-order valence-corrected chi connectivity index (χ2v) is 6.81. The summed E-state index contributed by atoms with van der Waals surface area (Å²) in [7, 11) is 0. The van der Waals surface area contributed by atoms with Crippen LogP contribution in [0, 0.1) is 5.92 Å². The van der Waals surface area contributed by atoms with Gasteiger partial charge < -0.3 is 9.84 Å². The third kappa shape index (κ3) is 4.09. The second-order valence-electron chi connectivity index (χ2n) is 6.41. The largest absolute Gasteiger partial charge is 0.487 e. The van der Waals surface area contributed by atoms with E-state index >= 15 is 0 Å². The molecule has 0 aromatic heterocycles. The van der Waals surface area contributed by atoms with Crippen molar-refractivity contribution < 1.29 is 14.6 Å². The number of rotatable bonds is 6. The predicted molar refractivity (Wildman–Crippen MR) is 94.6 cm³/mol. The average Bonchev–Trinajstić information content (AvgIpc) is 3.02. The molecule has 1 aliphatic rings. The topological polar surface area (TPSA) is 46.5 Å². The highest BCUT2D eigenvalue weighted by Gasteiger charge is 2.29. The third-order valence-electron chi connectivity index (χ3n) is 4.67. The summed E-state index contributed by atoms with van der Waals surface area (Å²) in [5.74, 6) is 0.587. The number of hydrogen-bond donors (Lipinski definition) is 1. The zero-order valence-corrected chi connectivity index (χ0v) is 14.2. The minimum atomic E-state index is -0.715. The van der Waals surface area contributed by atoms with Crippen LogP contribution in [0.4, 0.5) is 0 Å². The summed E-state index contributed by atoms with van der Waals surface area (Å²) in [5.41, 5.74) is 2.20. The minimum Gasteiger partial charge on any atom is -0.487 e. The third-order valence-corrected chi connectivity index (χ3v) is 4.97. The van der Waals surface area contributed by atoms with Gasteiger partial charge in [-0.25, -0.2) is 0 Å². The standard InChI is InChI=1S/C20H21ClO3/c21-18-8-4-7-17(16-10-9-15(11-16)12-19(22)23)20(18)24-13-14-5-2-1-3-6-14/h1-8,15-16H,9-13H2,(H,22,23). The van der Waals surface area contributed by atoms with Crippen LogP contribution in [0.15, 0.2) is 48.5 Å². The van der Waals surface area contributed by atoms with Crippen LogP contribution in [-0.2, 0) is 11.4 Å². The van der Waals surface area contributed by atoms with Gasteiger partial charge in [0.25, 0.3) is 0 Å². The van der Waals surface area contributed by atoms with E-state index in [-0.39, 0.29) is 12.3 Å². The lowest BCUT2D eigenvalue weighted by Gasteiger charge is -2.18. The van der Waals surface area contributed by atoms with Crippen molar-refractivity contribution in [2.24, 2.45) is 5.92 Å². The van der Waals surface area contributed by atoms with Gasteiger partial charge in [-0.2, -0.15) is 0 Å². The van der Waals surface area contributed by atoms with E-state index in [1.165, 1.54) is 0 Å². The Morgan fingerprint density at radius 3 is 2.67 bits per heavy atom. The lowest BCUT2D eigenvalue weighted by atomic mass is 9.94. The highest BCUT2D eigenvalue weighted by atomic mass is 35.5. The number of ether oxygens (including phenoxy) is 1. The lowest BCUT2D eigenvalue weighted by molar-refractivity contribution is -0.138. The minimum absolute atomic E-state index is 0.244. The number of para-hydroxylation sites is 1. The summed E-state index contributed by atoms with van der Waals surface area (Å²) < 4.78 is 6.03. The van der Waals surface area contributed by atoms with Gasteiger partial charge in [-0.3, -0.25) is 4.79 Å². The second kappa shape index (κ2) is 7.71. The molecule has 0 aliphatic heterocycles. The molecule has 126 valence electrons. The number of halogens is 1. The van der Waals surface area contributed by atoms with Crippen molar-refractivity contribution in [2.45, 2.75) is 38.2 Å². The SMILES string of the molecule is O=C(O)CC1CCC(c2cccc(Cl)c2OCc2ccccc2)C1. The summed E-state index contributed by atoms with van der Waals surface area (Å²) in [6, 6.07) is 15.8. The number of aliphatic carboxylic acids is 1. The first-order valence-electron chi connectivity index (χ1n) is 8.30. The average molecular weight is 345 g/mol. The van der Waals surface area contributed by atoms with Crippen LogP contribution in [0.1, 0.15) is 42.7 Å². The Morgan fingerprint density at radius 1 is 1.12 bits per heavy atom. The quantitative estimate of drug-likeness (QED) is 0.775. The van der Waals surface area contributed by atoms with E-state index in [4.69, 9.17) is 21.4 Å². The van der Waals surface area contributed by atoms with Gasteiger partial charge >= 0.3 is 5.97 Å². The van der Waals surface area contributed by atoms with Crippen LogP contribution in [0.3, 0.4) is 0 Å². The summed E-state index contributed by atoms with van der Waals surface area (Å²) >= 11 is 6.38. The molecule has 24 heavy (non-hydrogen) atoms. The summed E-state index contributed by atoms with van der Waals surface area (Å²) in [4.78, 5) is 10.9. The first-order chi connectivity index (χ1) is 11.6. The van der Waals surface area contributed by atoms with Crippen LogP contribution in [-0.4, -0.2) is 11.1 Å².